The predicted molar refractivity (Wildman–Crippen MR) is 96.6 cm³/mol. The van der Waals surface area contributed by atoms with Gasteiger partial charge in [-0.25, -0.2) is 8.42 Å². The number of carbonyl (C=O) groups is 1. The number of aryl methyl sites for hydroxylation is 1. The molecule has 0 aliphatic carbocycles. The lowest BCUT2D eigenvalue weighted by atomic mass is 10.2. The van der Waals surface area contributed by atoms with Crippen LogP contribution in [0.25, 0.3) is 0 Å². The average molecular weight is 413 g/mol. The van der Waals surface area contributed by atoms with E-state index in [-0.39, 0.29) is 17.4 Å². The zero-order valence-electron chi connectivity index (χ0n) is 13.2. The highest BCUT2D eigenvalue weighted by molar-refractivity contribution is 9.10. The van der Waals surface area contributed by atoms with Crippen molar-refractivity contribution < 1.29 is 17.9 Å². The van der Waals surface area contributed by atoms with Crippen molar-refractivity contribution in [3.05, 3.63) is 52.5 Å². The molecule has 24 heavy (non-hydrogen) atoms. The van der Waals surface area contributed by atoms with Gasteiger partial charge < -0.3 is 10.1 Å². The summed E-state index contributed by atoms with van der Waals surface area (Å²) in [6.07, 6.45) is 0. The summed E-state index contributed by atoms with van der Waals surface area (Å²) in [5.74, 6) is -0.360. The molecular formula is C16H17BrN2O4S. The largest absolute Gasteiger partial charge is 0.375 e. The van der Waals surface area contributed by atoms with Crippen LogP contribution in [0, 0.1) is 6.92 Å². The Morgan fingerprint density at radius 1 is 1.21 bits per heavy atom. The van der Waals surface area contributed by atoms with Gasteiger partial charge >= 0.3 is 0 Å². The Morgan fingerprint density at radius 2 is 1.96 bits per heavy atom. The summed E-state index contributed by atoms with van der Waals surface area (Å²) >= 11 is 3.32. The van der Waals surface area contributed by atoms with Crippen molar-refractivity contribution in [2.24, 2.45) is 0 Å². The van der Waals surface area contributed by atoms with E-state index in [4.69, 9.17) is 4.74 Å². The summed E-state index contributed by atoms with van der Waals surface area (Å²) in [4.78, 5) is 11.6. The number of ether oxygens (including phenoxy) is 1. The lowest BCUT2D eigenvalue weighted by molar-refractivity contribution is -0.119. The van der Waals surface area contributed by atoms with Gasteiger partial charge in [0, 0.05) is 17.3 Å². The lowest BCUT2D eigenvalue weighted by Gasteiger charge is -2.12. The van der Waals surface area contributed by atoms with Crippen molar-refractivity contribution in [3.8, 4) is 0 Å². The Morgan fingerprint density at radius 3 is 2.67 bits per heavy atom. The minimum atomic E-state index is -3.79. The first-order chi connectivity index (χ1) is 11.3. The Labute approximate surface area is 149 Å². The Hall–Kier alpha value is -1.90. The molecule has 0 spiro atoms. The monoisotopic (exact) mass is 412 g/mol. The van der Waals surface area contributed by atoms with Crippen LogP contribution in [-0.2, 0) is 19.6 Å². The molecule has 0 saturated carbocycles. The summed E-state index contributed by atoms with van der Waals surface area (Å²) in [5.41, 5.74) is 1.75. The van der Waals surface area contributed by atoms with Gasteiger partial charge in [0.1, 0.15) is 6.61 Å². The number of hydrogen-bond donors (Lipinski definition) is 2. The second kappa shape index (κ2) is 7.78. The molecule has 0 aromatic heterocycles. The zero-order chi connectivity index (χ0) is 17.7. The standard InChI is InChI=1S/C16H17BrN2O4S/c1-11-6-7-14(17)15(8-11)19-24(21,22)13-5-3-4-12(9-13)18-16(20)10-23-2/h3-9,19H,10H2,1-2H3,(H,18,20). The predicted octanol–water partition coefficient (Wildman–Crippen LogP) is 3.14. The SMILES string of the molecule is COCC(=O)Nc1cccc(S(=O)(=O)Nc2cc(C)ccc2Br)c1. The molecule has 0 saturated heterocycles. The fraction of sp³-hybridized carbons (Fsp3) is 0.188. The molecule has 0 unspecified atom stereocenters. The third-order valence-electron chi connectivity index (χ3n) is 3.07. The minimum absolute atomic E-state index is 0.0473. The molecule has 0 aliphatic heterocycles. The van der Waals surface area contributed by atoms with Crippen LogP contribution in [0.5, 0.6) is 0 Å². The maximum atomic E-state index is 12.6. The van der Waals surface area contributed by atoms with E-state index in [2.05, 4.69) is 26.0 Å². The van der Waals surface area contributed by atoms with E-state index in [1.165, 1.54) is 19.2 Å². The Balaban J connectivity index is 2.26. The summed E-state index contributed by atoms with van der Waals surface area (Å²) in [6, 6.07) is 11.4. The fourth-order valence-electron chi connectivity index (χ4n) is 1.99. The smallest absolute Gasteiger partial charge is 0.262 e. The molecule has 0 bridgehead atoms. The van der Waals surface area contributed by atoms with E-state index in [1.54, 1.807) is 24.3 Å². The van der Waals surface area contributed by atoms with Crippen molar-refractivity contribution >= 4 is 43.2 Å². The number of carbonyl (C=O) groups excluding carboxylic acids is 1. The molecule has 6 nitrogen and oxygen atoms in total. The van der Waals surface area contributed by atoms with Crippen molar-refractivity contribution in [2.75, 3.05) is 23.8 Å². The summed E-state index contributed by atoms with van der Waals surface area (Å²) in [6.45, 7) is 1.77. The number of hydrogen-bond acceptors (Lipinski definition) is 4. The van der Waals surface area contributed by atoms with Gasteiger partial charge in [0.05, 0.1) is 10.6 Å². The van der Waals surface area contributed by atoms with Crippen LogP contribution in [0.3, 0.4) is 0 Å². The number of methoxy groups -OCH3 is 1. The lowest BCUT2D eigenvalue weighted by Crippen LogP contribution is -2.18. The molecule has 8 heteroatoms. The molecule has 0 radical (unpaired) electrons. The first kappa shape index (κ1) is 18.4. The van der Waals surface area contributed by atoms with Gasteiger partial charge in [-0.15, -0.1) is 0 Å². The molecule has 2 aromatic rings. The highest BCUT2D eigenvalue weighted by atomic mass is 79.9. The topological polar surface area (TPSA) is 84.5 Å². The highest BCUT2D eigenvalue weighted by Crippen LogP contribution is 2.26. The summed E-state index contributed by atoms with van der Waals surface area (Å²) < 4.78 is 33.0. The number of nitrogens with one attached hydrogen (secondary N) is 2. The molecule has 0 heterocycles. The Bertz CT molecular complexity index is 853. The van der Waals surface area contributed by atoms with Gasteiger partial charge in [-0.3, -0.25) is 9.52 Å². The van der Waals surface area contributed by atoms with Gasteiger partial charge in [-0.1, -0.05) is 12.1 Å². The van der Waals surface area contributed by atoms with Crippen LogP contribution in [-0.4, -0.2) is 28.0 Å². The van der Waals surface area contributed by atoms with Gasteiger partial charge in [-0.05, 0) is 58.7 Å². The maximum Gasteiger partial charge on any atom is 0.262 e. The van der Waals surface area contributed by atoms with Gasteiger partial charge in [-0.2, -0.15) is 0 Å². The number of benzene rings is 2. The third-order valence-corrected chi connectivity index (χ3v) is 5.12. The Kier molecular flexibility index (Phi) is 5.98. The van der Waals surface area contributed by atoms with Crippen molar-refractivity contribution in [2.45, 2.75) is 11.8 Å². The van der Waals surface area contributed by atoms with Crippen LogP contribution in [0.4, 0.5) is 11.4 Å². The normalized spacial score (nSPS) is 11.1. The first-order valence-corrected chi connectivity index (χ1v) is 9.27. The second-order valence-electron chi connectivity index (χ2n) is 5.10. The first-order valence-electron chi connectivity index (χ1n) is 6.99. The molecule has 0 fully saturated rings. The van der Waals surface area contributed by atoms with E-state index in [0.717, 1.165) is 5.56 Å². The van der Waals surface area contributed by atoms with Gasteiger partial charge in [0.2, 0.25) is 5.91 Å². The number of amides is 1. The van der Waals surface area contributed by atoms with Crippen molar-refractivity contribution in [1.29, 1.82) is 0 Å². The van der Waals surface area contributed by atoms with E-state index in [1.807, 2.05) is 13.0 Å². The molecule has 2 N–H and O–H groups in total. The molecule has 0 aliphatic rings. The van der Waals surface area contributed by atoms with Crippen molar-refractivity contribution in [1.82, 2.24) is 0 Å². The second-order valence-corrected chi connectivity index (χ2v) is 7.63. The molecule has 2 rings (SSSR count). The van der Waals surface area contributed by atoms with Crippen LogP contribution in [0.2, 0.25) is 0 Å². The molecule has 0 atom stereocenters. The highest BCUT2D eigenvalue weighted by Gasteiger charge is 2.16. The number of rotatable bonds is 6. The molecular weight excluding hydrogens is 396 g/mol. The van der Waals surface area contributed by atoms with Gasteiger partial charge in [0.15, 0.2) is 0 Å². The van der Waals surface area contributed by atoms with Crippen molar-refractivity contribution in [3.63, 3.8) is 0 Å². The van der Waals surface area contributed by atoms with Gasteiger partial charge in [0.25, 0.3) is 10.0 Å². The minimum Gasteiger partial charge on any atom is -0.375 e. The molecule has 2 aromatic carbocycles. The van der Waals surface area contributed by atoms with Crippen LogP contribution < -0.4 is 10.0 Å². The van der Waals surface area contributed by atoms with Crippen LogP contribution in [0.15, 0.2) is 51.8 Å². The van der Waals surface area contributed by atoms with E-state index in [0.29, 0.717) is 15.8 Å². The molecule has 128 valence electrons. The van der Waals surface area contributed by atoms with E-state index < -0.39 is 10.0 Å². The summed E-state index contributed by atoms with van der Waals surface area (Å²) in [7, 11) is -2.38. The average Bonchev–Trinajstić information content (AvgIpc) is 2.51. The number of anilines is 2. The number of sulfonamides is 1. The third kappa shape index (κ3) is 4.80. The fourth-order valence-corrected chi connectivity index (χ4v) is 3.58. The van der Waals surface area contributed by atoms with Crippen LogP contribution >= 0.6 is 15.9 Å². The number of halogens is 1. The van der Waals surface area contributed by atoms with Crippen LogP contribution in [0.1, 0.15) is 5.56 Å². The quantitative estimate of drug-likeness (QED) is 0.762. The zero-order valence-corrected chi connectivity index (χ0v) is 15.6. The molecule has 1 amide bonds. The summed E-state index contributed by atoms with van der Waals surface area (Å²) in [5, 5.41) is 2.57. The maximum absolute atomic E-state index is 12.6. The van der Waals surface area contributed by atoms with E-state index in [9.17, 15) is 13.2 Å². The van der Waals surface area contributed by atoms with E-state index >= 15 is 0 Å².